The third kappa shape index (κ3) is 3.57. The van der Waals surface area contributed by atoms with Crippen molar-refractivity contribution >= 4 is 0 Å². The molecule has 0 radical (unpaired) electrons. The number of aliphatic hydroxyl groups is 1. The summed E-state index contributed by atoms with van der Waals surface area (Å²) in [5, 5.41) is 15.6. The lowest BCUT2D eigenvalue weighted by Crippen LogP contribution is -2.59. The first-order valence-electron chi connectivity index (χ1n) is 9.44. The third-order valence-electron chi connectivity index (χ3n) is 5.78. The van der Waals surface area contributed by atoms with Crippen LogP contribution in [0.25, 0.3) is 0 Å². The first-order valence-corrected chi connectivity index (χ1v) is 9.44. The molecule has 4 heterocycles. The second-order valence-electron chi connectivity index (χ2n) is 7.88. The number of aromatic nitrogens is 3. The van der Waals surface area contributed by atoms with Gasteiger partial charge in [0.15, 0.2) is 0 Å². The quantitative estimate of drug-likeness (QED) is 0.908. The molecule has 0 spiro atoms. The molecule has 0 amide bonds. The molecule has 4 rings (SSSR count). The zero-order valence-corrected chi connectivity index (χ0v) is 15.2. The smallest absolute Gasteiger partial charge is 0.266 e. The van der Waals surface area contributed by atoms with Crippen LogP contribution in [-0.2, 0) is 13.1 Å². The van der Waals surface area contributed by atoms with Crippen molar-refractivity contribution in [3.63, 3.8) is 0 Å². The number of hydrogen-bond acceptors (Lipinski definition) is 5. The minimum Gasteiger partial charge on any atom is -0.388 e. The van der Waals surface area contributed by atoms with Crippen LogP contribution >= 0.6 is 0 Å². The van der Waals surface area contributed by atoms with Gasteiger partial charge in [-0.15, -0.1) is 0 Å². The molecule has 6 nitrogen and oxygen atoms in total. The maximum atomic E-state index is 12.1. The van der Waals surface area contributed by atoms with E-state index >= 15 is 0 Å². The highest BCUT2D eigenvalue weighted by atomic mass is 16.3. The minimum absolute atomic E-state index is 0.146. The van der Waals surface area contributed by atoms with Crippen LogP contribution in [0.3, 0.4) is 0 Å². The monoisotopic (exact) mass is 354 g/mol. The summed E-state index contributed by atoms with van der Waals surface area (Å²) in [6.07, 6.45) is 8.48. The molecule has 1 N–H and O–H groups in total. The van der Waals surface area contributed by atoms with E-state index in [1.165, 1.54) is 22.7 Å². The van der Waals surface area contributed by atoms with Gasteiger partial charge in [-0.25, -0.2) is 4.68 Å². The van der Waals surface area contributed by atoms with Crippen LogP contribution in [0.4, 0.5) is 0 Å². The minimum atomic E-state index is -0.869. The third-order valence-corrected chi connectivity index (χ3v) is 5.78. The van der Waals surface area contributed by atoms with Crippen LogP contribution in [0.5, 0.6) is 0 Å². The molecule has 26 heavy (non-hydrogen) atoms. The van der Waals surface area contributed by atoms with Gasteiger partial charge in [0.1, 0.15) is 0 Å². The number of hydrogen-bond donors (Lipinski definition) is 1. The lowest BCUT2D eigenvalue weighted by molar-refractivity contribution is -0.105. The standard InChI is InChI=1S/C20H26N4O2/c1-15-7-8-19(25)24(22-15)14-20(26)10-17-5-2-6-18(11-20)23(17)13-16-4-3-9-21-12-16/h3-4,7-9,12,17-18,26H,2,5-6,10-11,13-14H2,1H3. The predicted octanol–water partition coefficient (Wildman–Crippen LogP) is 1.89. The molecule has 2 unspecified atom stereocenters. The van der Waals surface area contributed by atoms with Gasteiger partial charge in [-0.05, 0) is 50.3 Å². The van der Waals surface area contributed by atoms with Crippen molar-refractivity contribution in [1.82, 2.24) is 19.7 Å². The molecule has 6 heteroatoms. The first kappa shape index (κ1) is 17.4. The summed E-state index contributed by atoms with van der Waals surface area (Å²) in [4.78, 5) is 18.9. The van der Waals surface area contributed by atoms with E-state index in [1.54, 1.807) is 12.3 Å². The largest absolute Gasteiger partial charge is 0.388 e. The topological polar surface area (TPSA) is 71.2 Å². The van der Waals surface area contributed by atoms with E-state index in [0.717, 1.165) is 25.1 Å². The molecular weight excluding hydrogens is 328 g/mol. The molecule has 138 valence electrons. The summed E-state index contributed by atoms with van der Waals surface area (Å²) < 4.78 is 1.43. The second-order valence-corrected chi connectivity index (χ2v) is 7.88. The molecular formula is C20H26N4O2. The van der Waals surface area contributed by atoms with Gasteiger partial charge >= 0.3 is 0 Å². The first-order chi connectivity index (χ1) is 12.5. The number of rotatable bonds is 4. The van der Waals surface area contributed by atoms with E-state index in [2.05, 4.69) is 21.0 Å². The van der Waals surface area contributed by atoms with Crippen LogP contribution < -0.4 is 5.56 Å². The molecule has 2 fully saturated rings. The molecule has 2 bridgehead atoms. The van der Waals surface area contributed by atoms with Crippen molar-refractivity contribution < 1.29 is 5.11 Å². The van der Waals surface area contributed by atoms with E-state index in [1.807, 2.05) is 19.2 Å². The molecule has 0 aromatic carbocycles. The Bertz CT molecular complexity index is 806. The number of fused-ring (bicyclic) bond motifs is 2. The average Bonchev–Trinajstić information content (AvgIpc) is 2.60. The summed E-state index contributed by atoms with van der Waals surface area (Å²) in [6.45, 7) is 3.02. The number of aryl methyl sites for hydroxylation is 1. The fraction of sp³-hybridized carbons (Fsp3) is 0.550. The van der Waals surface area contributed by atoms with Crippen molar-refractivity contribution in [3.05, 3.63) is 58.3 Å². The normalized spacial score (nSPS) is 28.8. The van der Waals surface area contributed by atoms with Crippen LogP contribution in [0.2, 0.25) is 0 Å². The Labute approximate surface area is 153 Å². The van der Waals surface area contributed by atoms with Crippen LogP contribution in [0.1, 0.15) is 43.4 Å². The molecule has 2 aliphatic rings. The zero-order chi connectivity index (χ0) is 18.1. The van der Waals surface area contributed by atoms with Crippen LogP contribution in [-0.4, -0.2) is 42.5 Å². The number of piperidine rings is 2. The predicted molar refractivity (Wildman–Crippen MR) is 98.6 cm³/mol. The van der Waals surface area contributed by atoms with Gasteiger partial charge in [0.25, 0.3) is 5.56 Å². The fourth-order valence-electron chi connectivity index (χ4n) is 4.65. The number of nitrogens with zero attached hydrogens (tertiary/aromatic N) is 4. The Morgan fingerprint density at radius 3 is 2.69 bits per heavy atom. The molecule has 0 saturated carbocycles. The maximum absolute atomic E-state index is 12.1. The Kier molecular flexibility index (Phi) is 4.63. The van der Waals surface area contributed by atoms with Gasteiger partial charge in [-0.2, -0.15) is 5.10 Å². The summed E-state index contributed by atoms with van der Waals surface area (Å²) in [6, 6.07) is 8.01. The van der Waals surface area contributed by atoms with Crippen molar-refractivity contribution in [2.24, 2.45) is 0 Å². The fourth-order valence-corrected chi connectivity index (χ4v) is 4.65. The van der Waals surface area contributed by atoms with Crippen molar-refractivity contribution in [2.45, 2.75) is 69.8 Å². The molecule has 0 aliphatic carbocycles. The van der Waals surface area contributed by atoms with Crippen molar-refractivity contribution in [2.75, 3.05) is 0 Å². The Balaban J connectivity index is 1.53. The number of pyridine rings is 1. The average molecular weight is 354 g/mol. The Hall–Kier alpha value is -2.05. The van der Waals surface area contributed by atoms with E-state index < -0.39 is 5.60 Å². The molecule has 2 aromatic heterocycles. The molecule has 2 atom stereocenters. The highest BCUT2D eigenvalue weighted by molar-refractivity contribution is 5.11. The van der Waals surface area contributed by atoms with Crippen molar-refractivity contribution in [3.8, 4) is 0 Å². The van der Waals surface area contributed by atoms with Gasteiger partial charge < -0.3 is 5.11 Å². The van der Waals surface area contributed by atoms with Gasteiger partial charge in [0, 0.05) is 37.1 Å². The molecule has 2 aliphatic heterocycles. The summed E-state index contributed by atoms with van der Waals surface area (Å²) >= 11 is 0. The summed E-state index contributed by atoms with van der Waals surface area (Å²) in [5.41, 5.74) is 0.993. The Morgan fingerprint density at radius 2 is 2.00 bits per heavy atom. The lowest BCUT2D eigenvalue weighted by atomic mass is 9.75. The summed E-state index contributed by atoms with van der Waals surface area (Å²) in [5.74, 6) is 0. The van der Waals surface area contributed by atoms with Gasteiger partial charge in [0.05, 0.1) is 17.8 Å². The summed E-state index contributed by atoms with van der Waals surface area (Å²) in [7, 11) is 0. The van der Waals surface area contributed by atoms with Gasteiger partial charge in [0.2, 0.25) is 0 Å². The van der Waals surface area contributed by atoms with E-state index in [0.29, 0.717) is 24.9 Å². The highest BCUT2D eigenvalue weighted by Gasteiger charge is 2.45. The van der Waals surface area contributed by atoms with Crippen LogP contribution in [0.15, 0.2) is 41.5 Å². The van der Waals surface area contributed by atoms with E-state index in [9.17, 15) is 9.90 Å². The zero-order valence-electron chi connectivity index (χ0n) is 15.2. The van der Waals surface area contributed by atoms with Gasteiger partial charge in [-0.1, -0.05) is 12.5 Å². The highest BCUT2D eigenvalue weighted by Crippen LogP contribution is 2.40. The van der Waals surface area contributed by atoms with Gasteiger partial charge in [-0.3, -0.25) is 14.7 Å². The van der Waals surface area contributed by atoms with E-state index in [-0.39, 0.29) is 12.1 Å². The van der Waals surface area contributed by atoms with E-state index in [4.69, 9.17) is 0 Å². The SMILES string of the molecule is Cc1ccc(=O)n(CC2(O)CC3CCCC(C2)N3Cc2cccnc2)n1. The molecule has 2 saturated heterocycles. The maximum Gasteiger partial charge on any atom is 0.266 e. The lowest BCUT2D eigenvalue weighted by Gasteiger charge is -2.52. The van der Waals surface area contributed by atoms with Crippen LogP contribution in [0, 0.1) is 6.92 Å². The molecule has 2 aromatic rings. The second kappa shape index (κ2) is 6.93. The Morgan fingerprint density at radius 1 is 1.23 bits per heavy atom. The van der Waals surface area contributed by atoms with Crippen molar-refractivity contribution in [1.29, 1.82) is 0 Å².